The lowest BCUT2D eigenvalue weighted by atomic mass is 9.93. The zero-order valence-electron chi connectivity index (χ0n) is 12.6. The Morgan fingerprint density at radius 3 is 2.58 bits per heavy atom. The molecule has 2 fully saturated rings. The Labute approximate surface area is 116 Å². The van der Waals surface area contributed by atoms with Crippen molar-refractivity contribution in [1.29, 1.82) is 0 Å². The lowest BCUT2D eigenvalue weighted by molar-refractivity contribution is -0.145. The van der Waals surface area contributed by atoms with Crippen LogP contribution >= 0.6 is 0 Å². The predicted molar refractivity (Wildman–Crippen MR) is 75.2 cm³/mol. The monoisotopic (exact) mass is 286 g/mol. The van der Waals surface area contributed by atoms with Crippen LogP contribution in [0.25, 0.3) is 0 Å². The van der Waals surface area contributed by atoms with E-state index in [9.17, 15) is 9.90 Å². The molecule has 0 amide bonds. The van der Waals surface area contributed by atoms with Gasteiger partial charge in [0.05, 0.1) is 18.6 Å². The van der Waals surface area contributed by atoms with Crippen LogP contribution in [0.4, 0.5) is 0 Å². The number of carbonyl (C=O) groups excluding carboxylic acids is 1. The maximum absolute atomic E-state index is 11.8. The number of aliphatic hydroxyl groups excluding tert-OH is 1. The lowest BCUT2D eigenvalue weighted by Gasteiger charge is -2.37. The van der Waals surface area contributed by atoms with Crippen LogP contribution in [0.15, 0.2) is 0 Å². The fourth-order valence-corrected chi connectivity index (χ4v) is 3.77. The van der Waals surface area contributed by atoms with E-state index in [0.29, 0.717) is 13.0 Å². The summed E-state index contributed by atoms with van der Waals surface area (Å²) in [6.45, 7) is 11.4. The topological polar surface area (TPSA) is 55.8 Å². The Balaban J connectivity index is 1.99. The SMILES string of the molecule is CC(C)(C)[Si](C)(C)OC[C@@H]1OC(=O)[C@@H]2CC[C@H](O)[C@H]12. The highest BCUT2D eigenvalue weighted by atomic mass is 28.4. The lowest BCUT2D eigenvalue weighted by Crippen LogP contribution is -2.44. The zero-order valence-corrected chi connectivity index (χ0v) is 13.6. The molecule has 0 aromatic carbocycles. The summed E-state index contributed by atoms with van der Waals surface area (Å²) in [6.07, 6.45) is 0.788. The van der Waals surface area contributed by atoms with Crippen molar-refractivity contribution in [2.45, 2.75) is 64.0 Å². The van der Waals surface area contributed by atoms with Crippen LogP contribution in [-0.2, 0) is 14.0 Å². The van der Waals surface area contributed by atoms with Crippen molar-refractivity contribution in [3.8, 4) is 0 Å². The maximum Gasteiger partial charge on any atom is 0.309 e. The van der Waals surface area contributed by atoms with Gasteiger partial charge in [-0.1, -0.05) is 20.8 Å². The molecule has 19 heavy (non-hydrogen) atoms. The maximum atomic E-state index is 11.8. The molecule has 1 saturated carbocycles. The van der Waals surface area contributed by atoms with E-state index in [-0.39, 0.29) is 28.9 Å². The first-order chi connectivity index (χ1) is 8.63. The summed E-state index contributed by atoms with van der Waals surface area (Å²) in [5.74, 6) is -0.314. The molecule has 5 heteroatoms. The number of hydrogen-bond acceptors (Lipinski definition) is 4. The number of esters is 1. The molecule has 0 spiro atoms. The third-order valence-electron chi connectivity index (χ3n) is 5.10. The van der Waals surface area contributed by atoms with Crippen molar-refractivity contribution < 1.29 is 19.1 Å². The number of carbonyl (C=O) groups is 1. The number of hydrogen-bond donors (Lipinski definition) is 1. The summed E-state index contributed by atoms with van der Waals surface area (Å²) in [7, 11) is -1.83. The molecule has 1 N–H and O–H groups in total. The van der Waals surface area contributed by atoms with Gasteiger partial charge in [-0.25, -0.2) is 0 Å². The Hall–Kier alpha value is -0.393. The first kappa shape index (κ1) is 15.0. The van der Waals surface area contributed by atoms with Gasteiger partial charge < -0.3 is 14.3 Å². The van der Waals surface area contributed by atoms with Crippen molar-refractivity contribution in [1.82, 2.24) is 0 Å². The fourth-order valence-electron chi connectivity index (χ4n) is 2.75. The fraction of sp³-hybridized carbons (Fsp3) is 0.929. The largest absolute Gasteiger partial charge is 0.459 e. The Morgan fingerprint density at radius 2 is 2.00 bits per heavy atom. The van der Waals surface area contributed by atoms with Gasteiger partial charge in [-0.15, -0.1) is 0 Å². The molecule has 1 saturated heterocycles. The molecule has 4 nitrogen and oxygen atoms in total. The van der Waals surface area contributed by atoms with E-state index >= 15 is 0 Å². The van der Waals surface area contributed by atoms with Crippen molar-refractivity contribution in [3.05, 3.63) is 0 Å². The summed E-state index contributed by atoms with van der Waals surface area (Å²) in [6, 6.07) is 0. The minimum Gasteiger partial charge on any atom is -0.459 e. The molecular weight excluding hydrogens is 260 g/mol. The molecule has 0 radical (unpaired) electrons. The van der Waals surface area contributed by atoms with Crippen LogP contribution in [0.1, 0.15) is 33.6 Å². The number of ether oxygens (including phenoxy) is 1. The van der Waals surface area contributed by atoms with Gasteiger partial charge in [0.1, 0.15) is 6.10 Å². The third kappa shape index (κ3) is 2.73. The van der Waals surface area contributed by atoms with Crippen LogP contribution in [0, 0.1) is 11.8 Å². The van der Waals surface area contributed by atoms with E-state index < -0.39 is 14.4 Å². The summed E-state index contributed by atoms with van der Waals surface area (Å²) in [5.41, 5.74) is 0. The van der Waals surface area contributed by atoms with Gasteiger partial charge in [0, 0.05) is 5.92 Å². The van der Waals surface area contributed by atoms with Crippen LogP contribution in [0.2, 0.25) is 18.1 Å². The van der Waals surface area contributed by atoms with Crippen LogP contribution in [0.5, 0.6) is 0 Å². The van der Waals surface area contributed by atoms with Gasteiger partial charge in [-0.2, -0.15) is 0 Å². The van der Waals surface area contributed by atoms with Gasteiger partial charge in [0.25, 0.3) is 0 Å². The summed E-state index contributed by atoms with van der Waals surface area (Å²) >= 11 is 0. The van der Waals surface area contributed by atoms with Crippen LogP contribution in [-0.4, -0.2) is 38.2 Å². The number of cyclic esters (lactones) is 1. The molecule has 0 aromatic rings. The smallest absolute Gasteiger partial charge is 0.309 e. The van der Waals surface area contributed by atoms with Crippen molar-refractivity contribution in [2.75, 3.05) is 6.61 Å². The normalized spacial score (nSPS) is 35.4. The second kappa shape index (κ2) is 4.86. The molecule has 1 heterocycles. The molecular formula is C14H26O4Si. The highest BCUT2D eigenvalue weighted by Gasteiger charge is 2.52. The number of aliphatic hydroxyl groups is 1. The van der Waals surface area contributed by atoms with E-state index in [1.54, 1.807) is 0 Å². The molecule has 0 unspecified atom stereocenters. The second-order valence-electron chi connectivity index (χ2n) is 7.38. The van der Waals surface area contributed by atoms with E-state index in [4.69, 9.17) is 9.16 Å². The standard InChI is InChI=1S/C14H26O4Si/c1-14(2,3)19(4,5)17-8-11-12-9(13(16)18-11)6-7-10(12)15/h9-12,15H,6-8H2,1-5H3/t9-,10+,11+,12-/m1/s1. The molecule has 2 aliphatic rings. The predicted octanol–water partition coefficient (Wildman–Crippen LogP) is 2.32. The Bertz CT molecular complexity index is 361. The molecule has 2 rings (SSSR count). The zero-order chi connectivity index (χ0) is 14.4. The third-order valence-corrected chi connectivity index (χ3v) is 9.60. The second-order valence-corrected chi connectivity index (χ2v) is 12.2. The molecule has 0 aromatic heterocycles. The van der Waals surface area contributed by atoms with Gasteiger partial charge >= 0.3 is 5.97 Å². The summed E-state index contributed by atoms with van der Waals surface area (Å²) < 4.78 is 11.5. The molecule has 1 aliphatic heterocycles. The van der Waals surface area contributed by atoms with Crippen LogP contribution < -0.4 is 0 Å². The minimum atomic E-state index is -1.83. The minimum absolute atomic E-state index is 0.0581. The van der Waals surface area contributed by atoms with Gasteiger partial charge in [-0.3, -0.25) is 4.79 Å². The van der Waals surface area contributed by atoms with Crippen molar-refractivity contribution in [3.63, 3.8) is 0 Å². The first-order valence-corrected chi connectivity index (χ1v) is 10.1. The van der Waals surface area contributed by atoms with E-state index in [1.807, 2.05) is 0 Å². The highest BCUT2D eigenvalue weighted by Crippen LogP contribution is 2.43. The number of fused-ring (bicyclic) bond motifs is 1. The average molecular weight is 286 g/mol. The van der Waals surface area contributed by atoms with Gasteiger partial charge in [0.15, 0.2) is 8.32 Å². The molecule has 0 bridgehead atoms. The summed E-state index contributed by atoms with van der Waals surface area (Å²) in [4.78, 5) is 11.8. The molecule has 4 atom stereocenters. The van der Waals surface area contributed by atoms with E-state index in [2.05, 4.69) is 33.9 Å². The average Bonchev–Trinajstić information content (AvgIpc) is 2.78. The molecule has 1 aliphatic carbocycles. The van der Waals surface area contributed by atoms with Gasteiger partial charge in [-0.05, 0) is 31.0 Å². The van der Waals surface area contributed by atoms with Crippen LogP contribution in [0.3, 0.4) is 0 Å². The quantitative estimate of drug-likeness (QED) is 0.639. The van der Waals surface area contributed by atoms with Crippen molar-refractivity contribution >= 4 is 14.3 Å². The van der Waals surface area contributed by atoms with E-state index in [0.717, 1.165) is 6.42 Å². The molecule has 110 valence electrons. The summed E-state index contributed by atoms with van der Waals surface area (Å²) in [5, 5.41) is 10.1. The van der Waals surface area contributed by atoms with Crippen molar-refractivity contribution in [2.24, 2.45) is 11.8 Å². The van der Waals surface area contributed by atoms with E-state index in [1.165, 1.54) is 0 Å². The first-order valence-electron chi connectivity index (χ1n) is 7.16. The Kier molecular flexibility index (Phi) is 3.84. The Morgan fingerprint density at radius 1 is 1.37 bits per heavy atom. The number of rotatable bonds is 3. The highest BCUT2D eigenvalue weighted by molar-refractivity contribution is 6.74. The van der Waals surface area contributed by atoms with Gasteiger partial charge in [0.2, 0.25) is 0 Å².